The predicted molar refractivity (Wildman–Crippen MR) is 78.6 cm³/mol. The minimum absolute atomic E-state index is 0.164. The Kier molecular flexibility index (Phi) is 3.13. The third-order valence-corrected chi connectivity index (χ3v) is 4.18. The summed E-state index contributed by atoms with van der Waals surface area (Å²) in [5, 5.41) is 7.45. The summed E-state index contributed by atoms with van der Waals surface area (Å²) in [4.78, 5) is 8.22. The van der Waals surface area contributed by atoms with E-state index in [-0.39, 0.29) is 5.16 Å². The summed E-state index contributed by atoms with van der Waals surface area (Å²) >= 11 is 0.815. The molecule has 0 amide bonds. The number of furan rings is 1. The predicted octanol–water partition coefficient (Wildman–Crippen LogP) is 2.85. The maximum atomic E-state index is 12.7. The van der Waals surface area contributed by atoms with Crippen LogP contribution in [0.5, 0.6) is 0 Å². The van der Waals surface area contributed by atoms with Gasteiger partial charge in [-0.25, -0.2) is 14.6 Å². The molecule has 3 aromatic heterocycles. The number of nitrogens with zero attached hydrogens (tertiary/aromatic N) is 5. The lowest BCUT2D eigenvalue weighted by Gasteiger charge is -2.05. The zero-order chi connectivity index (χ0) is 16.9. The van der Waals surface area contributed by atoms with Crippen LogP contribution in [0, 0.1) is 0 Å². The average molecular weight is 352 g/mol. The van der Waals surface area contributed by atoms with Crippen LogP contribution in [0.3, 0.4) is 0 Å². The molecule has 0 saturated heterocycles. The third-order valence-electron chi connectivity index (χ3n) is 3.23. The van der Waals surface area contributed by atoms with Gasteiger partial charge in [0.15, 0.2) is 10.6 Å². The molecule has 0 spiro atoms. The standard InChI is InChI=1S/C13H7F3N6OS/c14-13(15,16)11-20-21-12(22(11)17)24-10-9-8(18-5-19-10)6-3-1-2-4-7(6)23-9/h1-5H,17H2. The SMILES string of the molecule is Nn1c(Sc2ncnc3c2oc2ccccc23)nnc1C(F)(F)F. The Balaban J connectivity index is 1.82. The Morgan fingerprint density at radius 3 is 2.67 bits per heavy atom. The van der Waals surface area contributed by atoms with Crippen LogP contribution in [0.25, 0.3) is 22.1 Å². The largest absolute Gasteiger partial charge is 0.453 e. The zero-order valence-corrected chi connectivity index (χ0v) is 12.5. The highest BCUT2D eigenvalue weighted by atomic mass is 32.2. The molecular weight excluding hydrogens is 345 g/mol. The number of benzene rings is 1. The highest BCUT2D eigenvalue weighted by molar-refractivity contribution is 7.99. The molecule has 0 radical (unpaired) electrons. The lowest BCUT2D eigenvalue weighted by Crippen LogP contribution is -2.21. The lowest BCUT2D eigenvalue weighted by atomic mass is 10.2. The molecule has 0 aliphatic heterocycles. The van der Waals surface area contributed by atoms with Gasteiger partial charge in [-0.3, -0.25) is 0 Å². The summed E-state index contributed by atoms with van der Waals surface area (Å²) in [6.45, 7) is 0. The molecule has 0 aliphatic carbocycles. The maximum absolute atomic E-state index is 12.7. The summed E-state index contributed by atoms with van der Waals surface area (Å²) in [7, 11) is 0. The van der Waals surface area contributed by atoms with Crippen molar-refractivity contribution in [2.24, 2.45) is 0 Å². The fraction of sp³-hybridized carbons (Fsp3) is 0.0769. The van der Waals surface area contributed by atoms with E-state index in [2.05, 4.69) is 20.2 Å². The van der Waals surface area contributed by atoms with Crippen molar-refractivity contribution in [1.29, 1.82) is 0 Å². The first kappa shape index (κ1) is 14.8. The number of alkyl halides is 3. The maximum Gasteiger partial charge on any atom is 0.453 e. The number of halogens is 3. The van der Waals surface area contributed by atoms with Crippen molar-refractivity contribution in [2.45, 2.75) is 16.4 Å². The molecule has 3 heterocycles. The van der Waals surface area contributed by atoms with Gasteiger partial charge in [0, 0.05) is 5.39 Å². The molecule has 7 nitrogen and oxygen atoms in total. The molecular formula is C13H7F3N6OS. The Morgan fingerprint density at radius 1 is 1.12 bits per heavy atom. The fourth-order valence-corrected chi connectivity index (χ4v) is 2.97. The molecule has 0 atom stereocenters. The van der Waals surface area contributed by atoms with E-state index in [0.717, 1.165) is 17.1 Å². The summed E-state index contributed by atoms with van der Waals surface area (Å²) in [6.07, 6.45) is -3.39. The second-order valence-electron chi connectivity index (χ2n) is 4.73. The third kappa shape index (κ3) is 2.24. The van der Waals surface area contributed by atoms with Gasteiger partial charge in [0.05, 0.1) is 0 Å². The molecule has 0 aliphatic rings. The molecule has 1 aromatic carbocycles. The molecule has 0 unspecified atom stereocenters. The Hall–Kier alpha value is -2.82. The molecule has 0 saturated carbocycles. The van der Waals surface area contributed by atoms with Gasteiger partial charge in [-0.2, -0.15) is 13.2 Å². The summed E-state index contributed by atoms with van der Waals surface area (Å²) < 4.78 is 44.3. The van der Waals surface area contributed by atoms with Gasteiger partial charge in [-0.15, -0.1) is 10.2 Å². The fourth-order valence-electron chi connectivity index (χ4n) is 2.20. The smallest absolute Gasteiger partial charge is 0.451 e. The van der Waals surface area contributed by atoms with Crippen molar-refractivity contribution in [2.75, 3.05) is 5.84 Å². The van der Waals surface area contributed by atoms with E-state index in [0.29, 0.717) is 26.4 Å². The molecule has 4 aromatic rings. The van der Waals surface area contributed by atoms with Crippen molar-refractivity contribution in [3.8, 4) is 0 Å². The monoisotopic (exact) mass is 352 g/mol. The van der Waals surface area contributed by atoms with Gasteiger partial charge in [-0.05, 0) is 23.9 Å². The Bertz CT molecular complexity index is 1060. The van der Waals surface area contributed by atoms with E-state index in [4.69, 9.17) is 10.3 Å². The first-order valence-corrected chi connectivity index (χ1v) is 7.34. The molecule has 122 valence electrons. The molecule has 4 rings (SSSR count). The van der Waals surface area contributed by atoms with E-state index in [1.807, 2.05) is 12.1 Å². The van der Waals surface area contributed by atoms with Crippen molar-refractivity contribution in [1.82, 2.24) is 24.8 Å². The highest BCUT2D eigenvalue weighted by Gasteiger charge is 2.38. The summed E-state index contributed by atoms with van der Waals surface area (Å²) in [6, 6.07) is 7.23. The molecule has 0 bridgehead atoms. The van der Waals surface area contributed by atoms with Crippen LogP contribution >= 0.6 is 11.8 Å². The van der Waals surface area contributed by atoms with Crippen LogP contribution in [0.15, 0.2) is 45.2 Å². The second-order valence-corrected chi connectivity index (χ2v) is 5.69. The van der Waals surface area contributed by atoms with Gasteiger partial charge >= 0.3 is 6.18 Å². The van der Waals surface area contributed by atoms with Crippen LogP contribution in [-0.2, 0) is 6.18 Å². The van der Waals surface area contributed by atoms with Crippen LogP contribution in [0.1, 0.15) is 5.82 Å². The quantitative estimate of drug-likeness (QED) is 0.438. The number of rotatable bonds is 2. The van der Waals surface area contributed by atoms with E-state index < -0.39 is 12.0 Å². The van der Waals surface area contributed by atoms with E-state index >= 15 is 0 Å². The van der Waals surface area contributed by atoms with Crippen LogP contribution in [0.2, 0.25) is 0 Å². The van der Waals surface area contributed by atoms with Crippen LogP contribution < -0.4 is 5.84 Å². The lowest BCUT2D eigenvalue weighted by molar-refractivity contribution is -0.146. The highest BCUT2D eigenvalue weighted by Crippen LogP contribution is 2.36. The number of hydrogen-bond donors (Lipinski definition) is 1. The topological polar surface area (TPSA) is 95.7 Å². The normalized spacial score (nSPS) is 12.3. The van der Waals surface area contributed by atoms with Crippen molar-refractivity contribution in [3.63, 3.8) is 0 Å². The van der Waals surface area contributed by atoms with Gasteiger partial charge in [0.25, 0.3) is 5.82 Å². The van der Waals surface area contributed by atoms with Crippen molar-refractivity contribution >= 4 is 33.8 Å². The number of nitrogen functional groups attached to an aromatic ring is 1. The van der Waals surface area contributed by atoms with Crippen molar-refractivity contribution < 1.29 is 17.6 Å². The van der Waals surface area contributed by atoms with Crippen LogP contribution in [-0.4, -0.2) is 24.8 Å². The zero-order valence-electron chi connectivity index (χ0n) is 11.7. The second kappa shape index (κ2) is 5.09. The van der Waals surface area contributed by atoms with Crippen LogP contribution in [0.4, 0.5) is 13.2 Å². The number of hydrogen-bond acceptors (Lipinski definition) is 7. The Morgan fingerprint density at radius 2 is 1.92 bits per heavy atom. The van der Waals surface area contributed by atoms with E-state index in [1.54, 1.807) is 12.1 Å². The molecule has 0 fully saturated rings. The first-order valence-electron chi connectivity index (χ1n) is 6.53. The minimum Gasteiger partial charge on any atom is -0.451 e. The molecule has 24 heavy (non-hydrogen) atoms. The van der Waals surface area contributed by atoms with Gasteiger partial charge in [0.2, 0.25) is 5.16 Å². The number of aromatic nitrogens is 5. The summed E-state index contributed by atoms with van der Waals surface area (Å²) in [5.74, 6) is 4.14. The number of nitrogens with two attached hydrogens (primary N) is 1. The molecule has 2 N–H and O–H groups in total. The van der Waals surface area contributed by atoms with Gasteiger partial charge in [0.1, 0.15) is 17.4 Å². The number of fused-ring (bicyclic) bond motifs is 3. The first-order chi connectivity index (χ1) is 11.4. The van der Waals surface area contributed by atoms with Gasteiger partial charge < -0.3 is 10.3 Å². The number of para-hydroxylation sites is 1. The van der Waals surface area contributed by atoms with E-state index in [9.17, 15) is 13.2 Å². The van der Waals surface area contributed by atoms with Crippen molar-refractivity contribution in [3.05, 3.63) is 36.4 Å². The van der Waals surface area contributed by atoms with Gasteiger partial charge in [-0.1, -0.05) is 12.1 Å². The Labute approximate surface area is 135 Å². The summed E-state index contributed by atoms with van der Waals surface area (Å²) in [5.41, 5.74) is 1.50. The van der Waals surface area contributed by atoms with E-state index in [1.165, 1.54) is 6.33 Å². The minimum atomic E-state index is -4.69. The molecule has 11 heteroatoms. The average Bonchev–Trinajstić information content (AvgIpc) is 3.09.